The van der Waals surface area contributed by atoms with Crippen LogP contribution >= 0.6 is 11.6 Å². The zero-order valence-corrected chi connectivity index (χ0v) is 10.5. The molecule has 1 atom stereocenters. The van der Waals surface area contributed by atoms with Gasteiger partial charge in [0.15, 0.2) is 0 Å². The lowest BCUT2D eigenvalue weighted by Gasteiger charge is -2.03. The highest BCUT2D eigenvalue weighted by molar-refractivity contribution is 6.35. The topological polar surface area (TPSA) is 42.2 Å². The highest BCUT2D eigenvalue weighted by Crippen LogP contribution is 2.32. The predicted octanol–water partition coefficient (Wildman–Crippen LogP) is 3.50. The third kappa shape index (κ3) is 1.91. The Morgan fingerprint density at radius 1 is 1.53 bits per heavy atom. The van der Waals surface area contributed by atoms with E-state index in [0.29, 0.717) is 5.02 Å². The molecule has 0 bridgehead atoms. The van der Waals surface area contributed by atoms with Gasteiger partial charge in [-0.1, -0.05) is 23.7 Å². The van der Waals surface area contributed by atoms with Crippen molar-refractivity contribution in [2.75, 3.05) is 0 Å². The van der Waals surface area contributed by atoms with Crippen LogP contribution in [0.2, 0.25) is 5.02 Å². The summed E-state index contributed by atoms with van der Waals surface area (Å²) in [5.74, 6) is -1.34. The number of para-hydroxylation sites is 1. The molecule has 0 saturated carbocycles. The van der Waals surface area contributed by atoms with Crippen molar-refractivity contribution in [2.45, 2.75) is 26.3 Å². The van der Waals surface area contributed by atoms with Crippen molar-refractivity contribution in [1.29, 1.82) is 0 Å². The molecule has 0 spiro atoms. The van der Waals surface area contributed by atoms with E-state index in [1.165, 1.54) is 0 Å². The molecule has 1 unspecified atom stereocenters. The number of carboxylic acid groups (broad SMARTS) is 1. The van der Waals surface area contributed by atoms with Crippen LogP contribution in [0.1, 0.15) is 25.3 Å². The molecule has 2 aromatic rings. The van der Waals surface area contributed by atoms with Crippen LogP contribution in [0.15, 0.2) is 24.4 Å². The molecule has 90 valence electrons. The molecule has 0 radical (unpaired) electrons. The number of benzene rings is 1. The second-order valence-corrected chi connectivity index (χ2v) is 4.47. The molecule has 0 aliphatic carbocycles. The van der Waals surface area contributed by atoms with Crippen molar-refractivity contribution >= 4 is 28.5 Å². The van der Waals surface area contributed by atoms with Crippen molar-refractivity contribution < 1.29 is 9.90 Å². The number of rotatable bonds is 3. The average molecular weight is 252 g/mol. The lowest BCUT2D eigenvalue weighted by atomic mass is 10.0. The van der Waals surface area contributed by atoms with E-state index < -0.39 is 11.9 Å². The summed E-state index contributed by atoms with van der Waals surface area (Å²) in [5, 5.41) is 10.7. The third-order valence-corrected chi connectivity index (χ3v) is 3.36. The maximum atomic E-state index is 11.1. The second-order valence-electron chi connectivity index (χ2n) is 4.07. The number of carboxylic acids is 1. The van der Waals surface area contributed by atoms with Crippen LogP contribution in [0.3, 0.4) is 0 Å². The minimum Gasteiger partial charge on any atom is -0.481 e. The lowest BCUT2D eigenvalue weighted by molar-refractivity contribution is -0.138. The normalized spacial score (nSPS) is 12.9. The predicted molar refractivity (Wildman–Crippen MR) is 68.7 cm³/mol. The van der Waals surface area contributed by atoms with Gasteiger partial charge in [-0.25, -0.2) is 0 Å². The first-order chi connectivity index (χ1) is 8.06. The van der Waals surface area contributed by atoms with Crippen LogP contribution in [-0.2, 0) is 11.3 Å². The first kappa shape index (κ1) is 12.0. The molecular formula is C13H14ClNO2. The van der Waals surface area contributed by atoms with Crippen LogP contribution in [-0.4, -0.2) is 15.6 Å². The molecule has 1 heterocycles. The van der Waals surface area contributed by atoms with Crippen LogP contribution in [0.25, 0.3) is 10.9 Å². The fraction of sp³-hybridized carbons (Fsp3) is 0.308. The molecule has 3 nitrogen and oxygen atoms in total. The zero-order valence-electron chi connectivity index (χ0n) is 9.77. The molecule has 0 saturated heterocycles. The number of nitrogens with zero attached hydrogens (tertiary/aromatic N) is 1. The van der Waals surface area contributed by atoms with Crippen molar-refractivity contribution in [1.82, 2.24) is 4.57 Å². The summed E-state index contributed by atoms with van der Waals surface area (Å²) in [6.07, 6.45) is 1.88. The number of halogens is 1. The van der Waals surface area contributed by atoms with E-state index in [-0.39, 0.29) is 0 Å². The molecule has 0 aliphatic heterocycles. The fourth-order valence-corrected chi connectivity index (χ4v) is 2.35. The van der Waals surface area contributed by atoms with E-state index in [4.69, 9.17) is 16.7 Å². The van der Waals surface area contributed by atoms with Gasteiger partial charge in [0.2, 0.25) is 0 Å². The number of hydrogen-bond donors (Lipinski definition) is 1. The summed E-state index contributed by atoms with van der Waals surface area (Å²) in [7, 11) is 0. The second kappa shape index (κ2) is 4.41. The molecule has 0 aliphatic rings. The van der Waals surface area contributed by atoms with Gasteiger partial charge in [-0.2, -0.15) is 0 Å². The molecule has 2 rings (SSSR count). The third-order valence-electron chi connectivity index (χ3n) is 3.06. The Morgan fingerprint density at radius 2 is 2.24 bits per heavy atom. The van der Waals surface area contributed by atoms with Gasteiger partial charge < -0.3 is 9.67 Å². The number of hydrogen-bond acceptors (Lipinski definition) is 1. The van der Waals surface area contributed by atoms with E-state index in [0.717, 1.165) is 23.0 Å². The summed E-state index contributed by atoms with van der Waals surface area (Å²) in [6, 6.07) is 5.59. The van der Waals surface area contributed by atoms with Crippen LogP contribution in [0, 0.1) is 0 Å². The van der Waals surface area contributed by atoms with Gasteiger partial charge in [0.1, 0.15) is 0 Å². The molecule has 0 fully saturated rings. The van der Waals surface area contributed by atoms with E-state index in [2.05, 4.69) is 0 Å². The van der Waals surface area contributed by atoms with E-state index in [9.17, 15) is 4.79 Å². The molecular weight excluding hydrogens is 238 g/mol. The zero-order chi connectivity index (χ0) is 12.6. The molecule has 4 heteroatoms. The standard InChI is InChI=1S/C13H14ClNO2/c1-3-15-7-10(8(2)13(16)17)9-5-4-6-11(14)12(9)15/h4-8H,3H2,1-2H3,(H,16,17). The van der Waals surface area contributed by atoms with Gasteiger partial charge >= 0.3 is 5.97 Å². The molecule has 0 amide bonds. The first-order valence-electron chi connectivity index (χ1n) is 5.56. The molecule has 1 aromatic heterocycles. The number of aromatic nitrogens is 1. The fourth-order valence-electron chi connectivity index (χ4n) is 2.07. The van der Waals surface area contributed by atoms with Gasteiger partial charge in [0.25, 0.3) is 0 Å². The average Bonchev–Trinajstić information content (AvgIpc) is 2.68. The Bertz CT molecular complexity index is 574. The van der Waals surface area contributed by atoms with Gasteiger partial charge in [0.05, 0.1) is 16.5 Å². The summed E-state index contributed by atoms with van der Waals surface area (Å²) >= 11 is 6.17. The van der Waals surface area contributed by atoms with Gasteiger partial charge in [-0.05, 0) is 25.5 Å². The van der Waals surface area contributed by atoms with E-state index >= 15 is 0 Å². The molecule has 1 aromatic carbocycles. The SMILES string of the molecule is CCn1cc(C(C)C(=O)O)c2cccc(Cl)c21. The monoisotopic (exact) mass is 251 g/mol. The summed E-state index contributed by atoms with van der Waals surface area (Å²) < 4.78 is 1.99. The number of carbonyl (C=O) groups is 1. The summed E-state index contributed by atoms with van der Waals surface area (Å²) in [6.45, 7) is 4.47. The van der Waals surface area contributed by atoms with Crippen molar-refractivity contribution in [3.63, 3.8) is 0 Å². The maximum absolute atomic E-state index is 11.1. The van der Waals surface area contributed by atoms with Crippen molar-refractivity contribution in [3.05, 3.63) is 35.0 Å². The Hall–Kier alpha value is -1.48. The van der Waals surface area contributed by atoms with Crippen LogP contribution in [0.5, 0.6) is 0 Å². The molecule has 17 heavy (non-hydrogen) atoms. The lowest BCUT2D eigenvalue weighted by Crippen LogP contribution is -2.06. The summed E-state index contributed by atoms with van der Waals surface area (Å²) in [4.78, 5) is 11.1. The highest BCUT2D eigenvalue weighted by Gasteiger charge is 2.20. The minimum absolute atomic E-state index is 0.524. The van der Waals surface area contributed by atoms with E-state index in [1.54, 1.807) is 6.92 Å². The first-order valence-corrected chi connectivity index (χ1v) is 5.94. The largest absolute Gasteiger partial charge is 0.481 e. The number of aliphatic carboxylic acids is 1. The van der Waals surface area contributed by atoms with Crippen LogP contribution < -0.4 is 0 Å². The summed E-state index contributed by atoms with van der Waals surface area (Å²) in [5.41, 5.74) is 1.73. The van der Waals surface area contributed by atoms with Crippen molar-refractivity contribution in [2.24, 2.45) is 0 Å². The van der Waals surface area contributed by atoms with Gasteiger partial charge in [-0.15, -0.1) is 0 Å². The highest BCUT2D eigenvalue weighted by atomic mass is 35.5. The number of aryl methyl sites for hydroxylation is 1. The van der Waals surface area contributed by atoms with Gasteiger partial charge in [0, 0.05) is 18.1 Å². The smallest absolute Gasteiger partial charge is 0.310 e. The minimum atomic E-state index is -0.819. The number of fused-ring (bicyclic) bond motifs is 1. The Labute approximate surface area is 105 Å². The molecule has 1 N–H and O–H groups in total. The van der Waals surface area contributed by atoms with Gasteiger partial charge in [-0.3, -0.25) is 4.79 Å². The quantitative estimate of drug-likeness (QED) is 0.907. The Balaban J connectivity index is 2.74. The Kier molecular flexibility index (Phi) is 3.11. The van der Waals surface area contributed by atoms with E-state index in [1.807, 2.05) is 35.9 Å². The Morgan fingerprint density at radius 3 is 2.82 bits per heavy atom. The van der Waals surface area contributed by atoms with Crippen molar-refractivity contribution in [3.8, 4) is 0 Å². The maximum Gasteiger partial charge on any atom is 0.310 e. The van der Waals surface area contributed by atoms with Crippen LogP contribution in [0.4, 0.5) is 0 Å².